The largest absolute Gasteiger partial charge is 0.334 e. The zero-order chi connectivity index (χ0) is 9.44. The van der Waals surface area contributed by atoms with Crippen molar-refractivity contribution >= 4 is 0 Å². The van der Waals surface area contributed by atoms with Gasteiger partial charge in [-0.2, -0.15) is 26.3 Å². The van der Waals surface area contributed by atoms with Crippen LogP contribution in [0.1, 0.15) is 6.92 Å². The molecule has 0 unspecified atom stereocenters. The van der Waals surface area contributed by atoms with E-state index >= 15 is 0 Å². The summed E-state index contributed by atoms with van der Waals surface area (Å²) in [5.74, 6) is 0. The predicted molar refractivity (Wildman–Crippen MR) is 27.4 cm³/mol. The molecule has 0 amide bonds. The Bertz CT molecular complexity index is 136. The molecule has 6 heteroatoms. The summed E-state index contributed by atoms with van der Waals surface area (Å²) in [5, 5.41) is 0. The minimum absolute atomic E-state index is 0.750. The van der Waals surface area contributed by atoms with Crippen molar-refractivity contribution in [1.29, 1.82) is 0 Å². The maximum Gasteiger partial charge on any atom is 0.334 e. The first-order chi connectivity index (χ1) is 4.91. The minimum Gasteiger partial charge on any atom is -0.174 e. The first-order valence-electron chi connectivity index (χ1n) is 2.25. The number of hydrogen-bond donors (Lipinski definition) is 0. The summed E-state index contributed by atoms with van der Waals surface area (Å²) in [7, 11) is 0. The van der Waals surface area contributed by atoms with Gasteiger partial charge < -0.3 is 0 Å². The molecule has 0 spiro atoms. The molecule has 0 aromatic rings. The molecule has 0 rings (SSSR count). The average Bonchev–Trinajstić information content (AvgIpc) is 1.89. The van der Waals surface area contributed by atoms with Crippen molar-refractivity contribution in [3.8, 4) is 0 Å². The highest BCUT2D eigenvalue weighted by Gasteiger charge is 1.98. The van der Waals surface area contributed by atoms with E-state index < -0.39 is 18.2 Å². The van der Waals surface area contributed by atoms with E-state index in [0.717, 1.165) is 6.08 Å². The lowest BCUT2D eigenvalue weighted by atomic mass is 10.7. The Kier molecular flexibility index (Phi) is 8.29. The second-order valence-corrected chi connectivity index (χ2v) is 1.10. The second-order valence-electron chi connectivity index (χ2n) is 1.10. The van der Waals surface area contributed by atoms with E-state index in [1.54, 1.807) is 0 Å². The Balaban J connectivity index is 0. The van der Waals surface area contributed by atoms with Crippen LogP contribution in [-0.2, 0) is 0 Å². The van der Waals surface area contributed by atoms with E-state index in [1.807, 2.05) is 0 Å². The molecule has 0 nitrogen and oxygen atoms in total. The van der Waals surface area contributed by atoms with Crippen molar-refractivity contribution in [2.75, 3.05) is 0 Å². The summed E-state index contributed by atoms with van der Waals surface area (Å²) >= 11 is 0. The second kappa shape index (κ2) is 7.17. The van der Waals surface area contributed by atoms with Crippen LogP contribution in [0.2, 0.25) is 0 Å². The van der Waals surface area contributed by atoms with Gasteiger partial charge in [0.25, 0.3) is 6.08 Å². The molecule has 0 bridgehead atoms. The first kappa shape index (κ1) is 12.7. The van der Waals surface area contributed by atoms with Crippen LogP contribution in [-0.4, -0.2) is 0 Å². The van der Waals surface area contributed by atoms with Gasteiger partial charge in [0.15, 0.2) is 0 Å². The molecule has 0 aromatic heterocycles. The van der Waals surface area contributed by atoms with Gasteiger partial charge >= 0.3 is 12.2 Å². The fourth-order valence-electron chi connectivity index (χ4n) is 0. The SMILES string of the molecule is CC=C(F)F.FC(F)=C(F)F. The van der Waals surface area contributed by atoms with E-state index in [9.17, 15) is 26.3 Å². The maximum atomic E-state index is 10.6. The molecule has 0 aromatic carbocycles. The molecule has 0 heterocycles. The molecule has 11 heavy (non-hydrogen) atoms. The third-order valence-corrected chi connectivity index (χ3v) is 0.361. The van der Waals surface area contributed by atoms with Crippen LogP contribution in [0.5, 0.6) is 0 Å². The molecule has 0 saturated heterocycles. The molecular formula is C5H4F6. The van der Waals surface area contributed by atoms with Crippen LogP contribution in [0.15, 0.2) is 24.3 Å². The lowest BCUT2D eigenvalue weighted by molar-refractivity contribution is 0.308. The summed E-state index contributed by atoms with van der Waals surface area (Å²) < 4.78 is 62.4. The Morgan fingerprint density at radius 1 is 0.818 bits per heavy atom. The van der Waals surface area contributed by atoms with Crippen molar-refractivity contribution in [3.63, 3.8) is 0 Å². The van der Waals surface area contributed by atoms with Crippen LogP contribution in [0.3, 0.4) is 0 Å². The van der Waals surface area contributed by atoms with Crippen LogP contribution in [0, 0.1) is 0 Å². The summed E-state index contributed by atoms with van der Waals surface area (Å²) in [6.07, 6.45) is -6.69. The van der Waals surface area contributed by atoms with Gasteiger partial charge in [0.05, 0.1) is 0 Å². The summed E-state index contributed by atoms with van der Waals surface area (Å²) in [6, 6.07) is 0. The van der Waals surface area contributed by atoms with Gasteiger partial charge in [0.2, 0.25) is 0 Å². The van der Waals surface area contributed by atoms with Crippen LogP contribution in [0.25, 0.3) is 0 Å². The third-order valence-electron chi connectivity index (χ3n) is 0.361. The number of allylic oxidation sites excluding steroid dienone is 1. The van der Waals surface area contributed by atoms with Crippen molar-refractivity contribution < 1.29 is 26.3 Å². The zero-order valence-corrected chi connectivity index (χ0v) is 5.35. The van der Waals surface area contributed by atoms with Gasteiger partial charge in [-0.3, -0.25) is 0 Å². The van der Waals surface area contributed by atoms with Gasteiger partial charge in [-0.15, -0.1) is 0 Å². The van der Waals surface area contributed by atoms with E-state index in [4.69, 9.17) is 0 Å². The van der Waals surface area contributed by atoms with Gasteiger partial charge in [-0.05, 0) is 13.0 Å². The number of rotatable bonds is 0. The van der Waals surface area contributed by atoms with Crippen molar-refractivity contribution in [2.45, 2.75) is 6.92 Å². The minimum atomic E-state index is -2.91. The molecule has 0 aliphatic rings. The molecule has 0 atom stereocenters. The number of hydrogen-bond acceptors (Lipinski definition) is 0. The lowest BCUT2D eigenvalue weighted by Crippen LogP contribution is -1.56. The van der Waals surface area contributed by atoms with Gasteiger partial charge in [0, 0.05) is 0 Å². The predicted octanol–water partition coefficient (Wildman–Crippen LogP) is 3.78. The van der Waals surface area contributed by atoms with Crippen molar-refractivity contribution in [1.82, 2.24) is 0 Å². The molecule has 0 aliphatic carbocycles. The van der Waals surface area contributed by atoms with Gasteiger partial charge in [0.1, 0.15) is 0 Å². The Labute approximate surface area is 58.8 Å². The quantitative estimate of drug-likeness (QED) is 0.495. The fourth-order valence-corrected chi connectivity index (χ4v) is 0. The highest BCUT2D eigenvalue weighted by Crippen LogP contribution is 2.08. The van der Waals surface area contributed by atoms with Gasteiger partial charge in [-0.25, -0.2) is 0 Å². The smallest absolute Gasteiger partial charge is 0.174 e. The van der Waals surface area contributed by atoms with Crippen LogP contribution in [0.4, 0.5) is 26.3 Å². The molecule has 0 fully saturated rings. The van der Waals surface area contributed by atoms with E-state index in [1.165, 1.54) is 6.92 Å². The molecule has 66 valence electrons. The lowest BCUT2D eigenvalue weighted by Gasteiger charge is -1.69. The zero-order valence-electron chi connectivity index (χ0n) is 5.35. The molecular weight excluding hydrogens is 174 g/mol. The molecule has 0 aliphatic heterocycles. The molecule has 0 radical (unpaired) electrons. The first-order valence-corrected chi connectivity index (χ1v) is 2.25. The van der Waals surface area contributed by atoms with Crippen molar-refractivity contribution in [3.05, 3.63) is 24.3 Å². The van der Waals surface area contributed by atoms with Crippen LogP contribution < -0.4 is 0 Å². The standard InChI is InChI=1S/C3H4F2.C2F4/c1-2-3(4)5;3-1(4)2(5)6/h2H,1H3;. The van der Waals surface area contributed by atoms with E-state index in [2.05, 4.69) is 0 Å². The normalized spacial score (nSPS) is 7.55. The topological polar surface area (TPSA) is 0 Å². The summed E-state index contributed by atoms with van der Waals surface area (Å²) in [4.78, 5) is 0. The van der Waals surface area contributed by atoms with Crippen LogP contribution >= 0.6 is 0 Å². The molecule has 0 saturated carbocycles. The Morgan fingerprint density at radius 2 is 1.00 bits per heavy atom. The number of halogens is 6. The van der Waals surface area contributed by atoms with E-state index in [-0.39, 0.29) is 0 Å². The van der Waals surface area contributed by atoms with Gasteiger partial charge in [-0.1, -0.05) is 0 Å². The maximum absolute atomic E-state index is 10.6. The Morgan fingerprint density at radius 3 is 1.00 bits per heavy atom. The third kappa shape index (κ3) is 17.6. The highest BCUT2D eigenvalue weighted by atomic mass is 19.3. The van der Waals surface area contributed by atoms with E-state index in [0.29, 0.717) is 0 Å². The Hall–Kier alpha value is -0.940. The monoisotopic (exact) mass is 178 g/mol. The summed E-state index contributed by atoms with van der Waals surface area (Å²) in [6.45, 7) is 1.29. The fraction of sp³-hybridized carbons (Fsp3) is 0.200. The molecule has 0 N–H and O–H groups in total. The average molecular weight is 178 g/mol. The summed E-state index contributed by atoms with van der Waals surface area (Å²) in [5.41, 5.74) is 0. The highest BCUT2D eigenvalue weighted by molar-refractivity contribution is 4.77. The van der Waals surface area contributed by atoms with Crippen molar-refractivity contribution in [2.24, 2.45) is 0 Å².